The summed E-state index contributed by atoms with van der Waals surface area (Å²) < 4.78 is 526. The maximum Gasteiger partial charge on any atom is 0.460 e. The van der Waals surface area contributed by atoms with Crippen LogP contribution in [0.25, 0.3) is 0 Å². The lowest BCUT2D eigenvalue weighted by molar-refractivity contribution is -0.484. The van der Waals surface area contributed by atoms with Gasteiger partial charge in [-0.15, -0.1) is 0 Å². The third kappa shape index (κ3) is 6.26. The molecule has 1 unspecified atom stereocenters. The zero-order valence-corrected chi connectivity index (χ0v) is 25.6. The van der Waals surface area contributed by atoms with Crippen LogP contribution in [-0.4, -0.2) is 124 Å². The molecule has 41 heteroatoms. The van der Waals surface area contributed by atoms with E-state index in [1.807, 2.05) is 0 Å². The lowest BCUT2D eigenvalue weighted by Gasteiger charge is -2.48. The number of hydrogen-bond acceptors (Lipinski definition) is 1. The van der Waals surface area contributed by atoms with E-state index in [2.05, 4.69) is 0 Å². The average Bonchev–Trinajstić information content (AvgIpc) is 3.01. The number of carboxylic acid groups (broad SMARTS) is 1. The summed E-state index contributed by atoms with van der Waals surface area (Å²) in [4.78, 5) is 10.8. The fraction of sp³-hybridized carbons (Fsp3) is 0.950. The van der Waals surface area contributed by atoms with E-state index in [1.54, 1.807) is 0 Å². The molecular weight excluding hydrogens is 1010 g/mol. The molecule has 0 aromatic rings. The highest BCUT2D eigenvalue weighted by molar-refractivity contribution is 5.81. The first-order chi connectivity index (χ1) is 25.4. The molecule has 61 heavy (non-hydrogen) atoms. The summed E-state index contributed by atoms with van der Waals surface area (Å²) in [7, 11) is 0. The van der Waals surface area contributed by atoms with E-state index in [0.29, 0.717) is 0 Å². The molecule has 0 saturated heterocycles. The zero-order chi connectivity index (χ0) is 51.1. The molecule has 2 nitrogen and oxygen atoms in total. The van der Waals surface area contributed by atoms with Crippen molar-refractivity contribution in [1.82, 2.24) is 0 Å². The zero-order valence-electron chi connectivity index (χ0n) is 25.6. The molecule has 0 saturated carbocycles. The standard InChI is InChI=1S/C20HF39O2/c21-2(1(60)61,4(24,25)6(28,29)8(32,33)10(36,37)13(42,43)15(46,47)17(50,51)19(54,55)56)3(22,23)5(26,27)7(30,31)9(34,35)11(38,39)12(40,41)14(44,45)16(48,49)18(52,53)20(57,58)59/h(H,60,61). The number of rotatable bonds is 17. The number of aliphatic carboxylic acids is 1. The van der Waals surface area contributed by atoms with Gasteiger partial charge in [-0.25, -0.2) is 9.18 Å². The molecule has 0 radical (unpaired) electrons. The van der Waals surface area contributed by atoms with E-state index < -0.39 is 119 Å². The smallest absolute Gasteiger partial charge is 0.460 e. The van der Waals surface area contributed by atoms with E-state index in [4.69, 9.17) is 5.11 Å². The molecule has 0 fully saturated rings. The van der Waals surface area contributed by atoms with E-state index in [-0.39, 0.29) is 0 Å². The van der Waals surface area contributed by atoms with Crippen molar-refractivity contribution in [2.24, 2.45) is 0 Å². The van der Waals surface area contributed by atoms with E-state index >= 15 is 0 Å². The Morgan fingerprint density at radius 3 is 0.393 bits per heavy atom. The molecule has 1 N–H and O–H groups in total. The monoisotopic (exact) mass is 1010 g/mol. The van der Waals surface area contributed by atoms with Crippen molar-refractivity contribution in [3.8, 4) is 0 Å². The van der Waals surface area contributed by atoms with Crippen LogP contribution in [-0.2, 0) is 4.79 Å². The predicted octanol–water partition coefficient (Wildman–Crippen LogP) is 12.1. The molecule has 0 aromatic heterocycles. The third-order valence-electron chi connectivity index (χ3n) is 7.39. The summed E-state index contributed by atoms with van der Waals surface area (Å²) in [6, 6.07) is 0. The topological polar surface area (TPSA) is 37.3 Å². The van der Waals surface area contributed by atoms with Crippen molar-refractivity contribution >= 4 is 5.97 Å². The van der Waals surface area contributed by atoms with Gasteiger partial charge in [0, 0.05) is 0 Å². The third-order valence-corrected chi connectivity index (χ3v) is 7.39. The lowest BCUT2D eigenvalue weighted by Crippen LogP contribution is -2.82. The van der Waals surface area contributed by atoms with Crippen LogP contribution < -0.4 is 0 Å². The Morgan fingerprint density at radius 2 is 0.295 bits per heavy atom. The van der Waals surface area contributed by atoms with Crippen LogP contribution in [0, 0.1) is 0 Å². The second kappa shape index (κ2) is 13.6. The average molecular weight is 1010 g/mol. The molecule has 0 heterocycles. The molecular formula is C20HF39O2. The Bertz CT molecular complexity index is 1640. The van der Waals surface area contributed by atoms with Gasteiger partial charge in [0.2, 0.25) is 0 Å². The molecule has 0 rings (SSSR count). The molecule has 0 bridgehead atoms. The van der Waals surface area contributed by atoms with Gasteiger partial charge in [-0.05, 0) is 0 Å². The maximum absolute atomic E-state index is 14.7. The van der Waals surface area contributed by atoms with Crippen molar-refractivity contribution in [2.45, 2.75) is 113 Å². The highest BCUT2D eigenvalue weighted by Gasteiger charge is 3.03. The Morgan fingerprint density at radius 1 is 0.197 bits per heavy atom. The normalized spacial score (nSPS) is 18.0. The van der Waals surface area contributed by atoms with Gasteiger partial charge in [-0.2, -0.15) is 167 Å². The van der Waals surface area contributed by atoms with Gasteiger partial charge in [-0.1, -0.05) is 0 Å². The van der Waals surface area contributed by atoms with Crippen LogP contribution in [0.4, 0.5) is 171 Å². The summed E-state index contributed by atoms with van der Waals surface area (Å²) in [5, 5.41) is 8.11. The maximum atomic E-state index is 14.7. The summed E-state index contributed by atoms with van der Waals surface area (Å²) in [6.07, 6.45) is -17.0. The summed E-state index contributed by atoms with van der Waals surface area (Å²) >= 11 is 0. The minimum absolute atomic E-state index is 6.33. The first-order valence-electron chi connectivity index (χ1n) is 12.5. The van der Waals surface area contributed by atoms with Crippen molar-refractivity contribution in [1.29, 1.82) is 0 Å². The number of carbonyl (C=O) groups is 1. The van der Waals surface area contributed by atoms with Gasteiger partial charge >= 0.3 is 119 Å². The van der Waals surface area contributed by atoms with Gasteiger partial charge in [0.15, 0.2) is 0 Å². The number of alkyl halides is 39. The first kappa shape index (κ1) is 57.7. The van der Waals surface area contributed by atoms with Crippen LogP contribution in [0.3, 0.4) is 0 Å². The Kier molecular flexibility index (Phi) is 12.9. The first-order valence-corrected chi connectivity index (χ1v) is 12.5. The number of halogens is 39. The fourth-order valence-electron chi connectivity index (χ4n) is 3.62. The van der Waals surface area contributed by atoms with Gasteiger partial charge in [0.25, 0.3) is 0 Å². The Labute approximate surface area is 301 Å². The molecule has 366 valence electrons. The van der Waals surface area contributed by atoms with Crippen molar-refractivity contribution in [2.75, 3.05) is 0 Å². The van der Waals surface area contributed by atoms with Crippen LogP contribution in [0.2, 0.25) is 0 Å². The largest absolute Gasteiger partial charge is 0.479 e. The summed E-state index contributed by atoms with van der Waals surface area (Å²) in [5.74, 6) is -167. The van der Waals surface area contributed by atoms with Crippen LogP contribution >= 0.6 is 0 Å². The molecule has 0 spiro atoms. The predicted molar refractivity (Wildman–Crippen MR) is 103 cm³/mol. The molecule has 0 aliphatic heterocycles. The number of carboxylic acids is 1. The molecule has 0 amide bonds. The second-order valence-electron chi connectivity index (χ2n) is 11.1. The van der Waals surface area contributed by atoms with Gasteiger partial charge in [0.05, 0.1) is 0 Å². The fourth-order valence-corrected chi connectivity index (χ4v) is 3.62. The highest BCUT2D eigenvalue weighted by atomic mass is 19.5. The van der Waals surface area contributed by atoms with E-state index in [9.17, 15) is 176 Å². The lowest BCUT2D eigenvalue weighted by atomic mass is 9.76. The molecule has 0 aliphatic carbocycles. The number of hydrogen-bond donors (Lipinski definition) is 1. The van der Waals surface area contributed by atoms with Crippen molar-refractivity contribution in [3.63, 3.8) is 0 Å². The SMILES string of the molecule is O=C(O)C(F)(C(F)(F)C(F)(F)C(F)(F)C(F)(F)C(F)(F)C(F)(F)C(F)(F)C(F)(F)F)C(F)(F)C(F)(F)C(F)(F)C(F)(F)C(F)(F)C(F)(F)C(F)(F)C(F)(F)C(F)(F)C(F)(F)F. The minimum atomic E-state index is -10.6. The molecule has 0 aliphatic rings. The van der Waals surface area contributed by atoms with Crippen molar-refractivity contribution in [3.05, 3.63) is 0 Å². The Hall–Kier alpha value is -3.26. The highest BCUT2D eigenvalue weighted by Crippen LogP contribution is 2.71. The summed E-state index contributed by atoms with van der Waals surface area (Å²) in [6.45, 7) is 0. The van der Waals surface area contributed by atoms with Gasteiger partial charge in [-0.3, -0.25) is 0 Å². The van der Waals surface area contributed by atoms with E-state index in [1.165, 1.54) is 0 Å². The van der Waals surface area contributed by atoms with Crippen LogP contribution in [0.1, 0.15) is 0 Å². The second-order valence-corrected chi connectivity index (χ2v) is 11.1. The Balaban J connectivity index is 8.25. The van der Waals surface area contributed by atoms with Gasteiger partial charge in [0.1, 0.15) is 0 Å². The summed E-state index contributed by atoms with van der Waals surface area (Å²) in [5.41, 5.74) is -10.1. The van der Waals surface area contributed by atoms with E-state index in [0.717, 1.165) is 0 Å². The van der Waals surface area contributed by atoms with Crippen molar-refractivity contribution < 1.29 is 181 Å². The quantitative estimate of drug-likeness (QED) is 0.147. The van der Waals surface area contributed by atoms with Crippen LogP contribution in [0.15, 0.2) is 0 Å². The molecule has 0 aromatic carbocycles. The van der Waals surface area contributed by atoms with Gasteiger partial charge < -0.3 is 5.11 Å². The molecule has 1 atom stereocenters. The van der Waals surface area contributed by atoms with Crippen LogP contribution in [0.5, 0.6) is 0 Å². The minimum Gasteiger partial charge on any atom is -0.479 e.